The van der Waals surface area contributed by atoms with E-state index in [-0.39, 0.29) is 46.6 Å². The smallest absolute Gasteiger partial charge is 1.00 e. The van der Waals surface area contributed by atoms with Crippen molar-refractivity contribution in [3.8, 4) is 0 Å². The first-order valence-corrected chi connectivity index (χ1v) is 5.20. The fraction of sp³-hybridized carbons (Fsp3) is 0. The Labute approximate surface area is 98.9 Å². The first-order chi connectivity index (χ1) is 3.46. The van der Waals surface area contributed by atoms with E-state index in [0.717, 1.165) is 0 Å². The molecule has 0 N–H and O–H groups in total. The van der Waals surface area contributed by atoms with Crippen molar-refractivity contribution in [2.45, 2.75) is 0 Å². The van der Waals surface area contributed by atoms with Gasteiger partial charge in [0.15, 0.2) is 0 Å². The fourth-order valence-electron chi connectivity index (χ4n) is 0. The van der Waals surface area contributed by atoms with E-state index in [2.05, 4.69) is 0 Å². The standard InChI is InChI=1S/Fe.Na.2H2O3Se/c;;2*1-4(2)3/h;;2*(H2,1,2,3)/q+3;+1;;/p-4. The maximum absolute atomic E-state index is 8.54. The van der Waals surface area contributed by atoms with Crippen LogP contribution in [0.25, 0.3) is 0 Å². The van der Waals surface area contributed by atoms with Crippen molar-refractivity contribution in [1.82, 2.24) is 0 Å². The molecule has 0 fully saturated rings. The normalized spacial score (nSPS) is 7.00. The molecule has 57 valence electrons. The Morgan fingerprint density at radius 3 is 0.800 bits per heavy atom. The summed E-state index contributed by atoms with van der Waals surface area (Å²) in [5.74, 6) is 0. The third-order valence-corrected chi connectivity index (χ3v) is 0. The van der Waals surface area contributed by atoms with Crippen molar-refractivity contribution in [3.63, 3.8) is 0 Å². The van der Waals surface area contributed by atoms with E-state index in [1.807, 2.05) is 0 Å². The predicted molar refractivity (Wildman–Crippen MR) is 12.9 cm³/mol. The van der Waals surface area contributed by atoms with E-state index in [1.54, 1.807) is 0 Å². The van der Waals surface area contributed by atoms with Crippen molar-refractivity contribution in [3.05, 3.63) is 0 Å². The Hall–Kier alpha value is 2.00. The largest absolute Gasteiger partial charge is 3.00 e. The van der Waals surface area contributed by atoms with Gasteiger partial charge in [0.25, 0.3) is 0 Å². The first kappa shape index (κ1) is 22.7. The molecule has 0 unspecified atom stereocenters. The molecule has 0 aromatic carbocycles. The molecule has 0 saturated carbocycles. The summed E-state index contributed by atoms with van der Waals surface area (Å²) < 4.78 is 51.2. The van der Waals surface area contributed by atoms with E-state index >= 15 is 0 Å². The van der Waals surface area contributed by atoms with Crippen molar-refractivity contribution >= 4 is 29.0 Å². The zero-order valence-corrected chi connectivity index (χ0v) is 11.1. The summed E-state index contributed by atoms with van der Waals surface area (Å²) in [5.41, 5.74) is 0. The second-order valence-electron chi connectivity index (χ2n) is 0.408. The van der Waals surface area contributed by atoms with Crippen LogP contribution in [0, 0.1) is 0 Å². The molecular formula is FeNaO6Se2. The molecule has 0 atom stereocenters. The van der Waals surface area contributed by atoms with Crippen LogP contribution in [-0.4, -0.2) is 29.0 Å². The summed E-state index contributed by atoms with van der Waals surface area (Å²) in [6.45, 7) is 0. The maximum atomic E-state index is 8.54. The minimum Gasteiger partial charge on any atom is 1.00 e. The van der Waals surface area contributed by atoms with Gasteiger partial charge in [-0.3, -0.25) is 0 Å². The van der Waals surface area contributed by atoms with Crippen LogP contribution < -0.4 is 46.3 Å². The summed E-state index contributed by atoms with van der Waals surface area (Å²) in [7, 11) is 0. The predicted octanol–water partition coefficient (Wildman–Crippen LogP) is -8.75. The SMILES string of the molecule is O=[Se]([O-])[O-].O=[Se]([O-])[O-].[Fe+3].[Na+]. The third-order valence-electron chi connectivity index (χ3n) is 0. The van der Waals surface area contributed by atoms with Gasteiger partial charge in [0, 0.05) is 0 Å². The van der Waals surface area contributed by atoms with Crippen LogP contribution in [0.4, 0.5) is 0 Å². The van der Waals surface area contributed by atoms with Crippen LogP contribution in [0.1, 0.15) is 0 Å². The molecule has 10 heavy (non-hydrogen) atoms. The van der Waals surface area contributed by atoms with E-state index in [1.165, 1.54) is 0 Å². The van der Waals surface area contributed by atoms with E-state index in [0.29, 0.717) is 0 Å². The van der Waals surface area contributed by atoms with E-state index in [9.17, 15) is 0 Å². The molecule has 0 aliphatic rings. The number of hydrogen-bond acceptors (Lipinski definition) is 6. The second kappa shape index (κ2) is 17.2. The van der Waals surface area contributed by atoms with Gasteiger partial charge in [-0.1, -0.05) is 0 Å². The monoisotopic (exact) mass is 335 g/mol. The summed E-state index contributed by atoms with van der Waals surface area (Å²) in [6, 6.07) is 0. The van der Waals surface area contributed by atoms with Crippen molar-refractivity contribution < 1.29 is 71.1 Å². The Balaban J connectivity index is -0.0000000300. The fourth-order valence-corrected chi connectivity index (χ4v) is 0. The van der Waals surface area contributed by atoms with Crippen LogP contribution in [0.5, 0.6) is 0 Å². The Kier molecular flexibility index (Phi) is 39.0. The minimum atomic E-state index is -3.79. The molecule has 0 aromatic rings. The Bertz CT molecular complexity index is 73.7. The van der Waals surface area contributed by atoms with Gasteiger partial charge >= 0.3 is 100 Å². The van der Waals surface area contributed by atoms with Gasteiger partial charge in [0.1, 0.15) is 0 Å². The summed E-state index contributed by atoms with van der Waals surface area (Å²) >= 11 is -7.58. The van der Waals surface area contributed by atoms with Gasteiger partial charge in [0.05, 0.1) is 0 Å². The van der Waals surface area contributed by atoms with Crippen LogP contribution >= 0.6 is 0 Å². The first-order valence-electron chi connectivity index (χ1n) is 1.00. The van der Waals surface area contributed by atoms with E-state index < -0.39 is 29.0 Å². The molecule has 1 radical (unpaired) electrons. The summed E-state index contributed by atoms with van der Waals surface area (Å²) in [4.78, 5) is 0. The van der Waals surface area contributed by atoms with Crippen molar-refractivity contribution in [1.29, 1.82) is 0 Å². The van der Waals surface area contributed by atoms with Gasteiger partial charge in [0.2, 0.25) is 0 Å². The van der Waals surface area contributed by atoms with Gasteiger partial charge in [-0.15, -0.1) is 0 Å². The van der Waals surface area contributed by atoms with Gasteiger partial charge in [-0.05, 0) is 0 Å². The van der Waals surface area contributed by atoms with Crippen molar-refractivity contribution in [2.75, 3.05) is 0 Å². The maximum Gasteiger partial charge on any atom is 3.00 e. The molecule has 0 bridgehead atoms. The topological polar surface area (TPSA) is 126 Å². The molecule has 0 saturated heterocycles. The van der Waals surface area contributed by atoms with Crippen LogP contribution in [0.2, 0.25) is 0 Å². The molecule has 6 nitrogen and oxygen atoms in total. The molecule has 0 aliphatic heterocycles. The summed E-state index contributed by atoms with van der Waals surface area (Å²) in [5, 5.41) is 0. The molecule has 0 aliphatic carbocycles. The van der Waals surface area contributed by atoms with Gasteiger partial charge in [-0.2, -0.15) is 0 Å². The molecule has 0 heterocycles. The second-order valence-corrected chi connectivity index (χ2v) is 2.12. The van der Waals surface area contributed by atoms with Gasteiger partial charge in [-0.25, -0.2) is 0 Å². The molecule has 0 rings (SSSR count). The third kappa shape index (κ3) is 203. The average molecular weight is 333 g/mol. The molecular weight excluding hydrogens is 333 g/mol. The zero-order valence-electron chi connectivity index (χ0n) is 4.62. The number of hydrogen-bond donors (Lipinski definition) is 0. The average Bonchev–Trinajstić information content (AvgIpc) is 1.25. The molecule has 0 spiro atoms. The minimum absolute atomic E-state index is 0. The number of rotatable bonds is 0. The van der Waals surface area contributed by atoms with E-state index in [4.69, 9.17) is 24.4 Å². The molecule has 0 amide bonds. The molecule has 0 aromatic heterocycles. The quantitative estimate of drug-likeness (QED) is 0.405. The molecule has 10 heteroatoms. The summed E-state index contributed by atoms with van der Waals surface area (Å²) in [6.07, 6.45) is 0. The Morgan fingerprint density at radius 2 is 0.800 bits per heavy atom. The van der Waals surface area contributed by atoms with Crippen LogP contribution in [0.3, 0.4) is 0 Å². The van der Waals surface area contributed by atoms with Crippen molar-refractivity contribution in [2.24, 2.45) is 0 Å². The Morgan fingerprint density at radius 1 is 0.800 bits per heavy atom. The zero-order chi connectivity index (χ0) is 7.15. The van der Waals surface area contributed by atoms with Gasteiger partial charge < -0.3 is 0 Å². The van der Waals surface area contributed by atoms with Crippen LogP contribution in [-0.2, 0) is 24.7 Å². The van der Waals surface area contributed by atoms with Crippen LogP contribution in [0.15, 0.2) is 0 Å².